The third-order valence-electron chi connectivity index (χ3n) is 2.76. The van der Waals surface area contributed by atoms with Crippen molar-refractivity contribution in [2.45, 2.75) is 18.9 Å². The van der Waals surface area contributed by atoms with E-state index in [1.807, 2.05) is 0 Å². The normalized spacial score (nSPS) is 20.5. The molecule has 1 fully saturated rings. The largest absolute Gasteiger partial charge is 0.364 e. The van der Waals surface area contributed by atoms with Crippen LogP contribution in [0, 0.1) is 0 Å². The maximum atomic E-state index is 11.4. The van der Waals surface area contributed by atoms with Gasteiger partial charge in [-0.05, 0) is 22.4 Å². The van der Waals surface area contributed by atoms with Crippen LogP contribution in [0.4, 0.5) is 5.82 Å². The number of aromatic amines is 1. The highest BCUT2D eigenvalue weighted by atomic mass is 79.9. The van der Waals surface area contributed by atoms with Gasteiger partial charge in [0.2, 0.25) is 5.91 Å². The van der Waals surface area contributed by atoms with Crippen LogP contribution in [0.2, 0.25) is 0 Å². The lowest BCUT2D eigenvalue weighted by Gasteiger charge is -2.30. The minimum absolute atomic E-state index is 0.128. The monoisotopic (exact) mass is 300 g/mol. The molecule has 17 heavy (non-hydrogen) atoms. The summed E-state index contributed by atoms with van der Waals surface area (Å²) in [5, 5.41) is 3.17. The highest BCUT2D eigenvalue weighted by Crippen LogP contribution is 2.18. The SMILES string of the molecule is CN1CC(Nc2nc[nH]c(=O)c2Br)CCC1=O. The van der Waals surface area contributed by atoms with E-state index < -0.39 is 0 Å². The molecule has 0 saturated carbocycles. The third-order valence-corrected chi connectivity index (χ3v) is 3.50. The van der Waals surface area contributed by atoms with Gasteiger partial charge in [-0.1, -0.05) is 0 Å². The van der Waals surface area contributed by atoms with Crippen molar-refractivity contribution in [1.29, 1.82) is 0 Å². The van der Waals surface area contributed by atoms with Crippen molar-refractivity contribution in [1.82, 2.24) is 14.9 Å². The van der Waals surface area contributed by atoms with Crippen molar-refractivity contribution in [3.8, 4) is 0 Å². The first-order valence-corrected chi connectivity index (χ1v) is 6.11. The van der Waals surface area contributed by atoms with Crippen molar-refractivity contribution in [2.75, 3.05) is 18.9 Å². The van der Waals surface area contributed by atoms with E-state index in [9.17, 15) is 9.59 Å². The lowest BCUT2D eigenvalue weighted by Crippen LogP contribution is -2.43. The van der Waals surface area contributed by atoms with Crippen LogP contribution in [0.5, 0.6) is 0 Å². The standard InChI is InChI=1S/C10H13BrN4O2/c1-15-4-6(2-3-7(15)16)14-9-8(11)10(17)13-5-12-9/h5-6H,2-4H2,1H3,(H2,12,13,14,17). The summed E-state index contributed by atoms with van der Waals surface area (Å²) in [7, 11) is 1.77. The zero-order valence-corrected chi connectivity index (χ0v) is 11.0. The van der Waals surface area contributed by atoms with E-state index in [0.717, 1.165) is 6.42 Å². The number of nitrogens with one attached hydrogen (secondary N) is 2. The molecule has 0 spiro atoms. The van der Waals surface area contributed by atoms with E-state index in [-0.39, 0.29) is 17.5 Å². The van der Waals surface area contributed by atoms with Gasteiger partial charge in [-0.25, -0.2) is 4.98 Å². The lowest BCUT2D eigenvalue weighted by molar-refractivity contribution is -0.132. The summed E-state index contributed by atoms with van der Waals surface area (Å²) in [5.74, 6) is 0.669. The Labute approximate surface area is 107 Å². The molecule has 0 bridgehead atoms. The van der Waals surface area contributed by atoms with Crippen LogP contribution in [0.3, 0.4) is 0 Å². The first-order chi connectivity index (χ1) is 8.08. The molecular formula is C10H13BrN4O2. The Balaban J connectivity index is 2.09. The summed E-state index contributed by atoms with van der Waals surface area (Å²) in [6.07, 6.45) is 2.63. The van der Waals surface area contributed by atoms with E-state index in [1.165, 1.54) is 6.33 Å². The highest BCUT2D eigenvalue weighted by molar-refractivity contribution is 9.10. The van der Waals surface area contributed by atoms with Gasteiger partial charge in [0.1, 0.15) is 10.3 Å². The van der Waals surface area contributed by atoms with Crippen LogP contribution >= 0.6 is 15.9 Å². The molecule has 92 valence electrons. The molecule has 7 heteroatoms. The Morgan fingerprint density at radius 2 is 2.35 bits per heavy atom. The molecule has 1 unspecified atom stereocenters. The van der Waals surface area contributed by atoms with Crippen LogP contribution in [-0.4, -0.2) is 40.4 Å². The lowest BCUT2D eigenvalue weighted by atomic mass is 10.1. The van der Waals surface area contributed by atoms with Crippen molar-refractivity contribution < 1.29 is 4.79 Å². The maximum Gasteiger partial charge on any atom is 0.267 e. The van der Waals surface area contributed by atoms with Gasteiger partial charge in [0.05, 0.1) is 6.33 Å². The zero-order chi connectivity index (χ0) is 12.4. The molecular weight excluding hydrogens is 288 g/mol. The molecule has 1 aromatic rings. The summed E-state index contributed by atoms with van der Waals surface area (Å²) in [5.41, 5.74) is -0.220. The van der Waals surface area contributed by atoms with Crippen molar-refractivity contribution in [3.05, 3.63) is 21.2 Å². The van der Waals surface area contributed by atoms with E-state index in [1.54, 1.807) is 11.9 Å². The number of halogens is 1. The first-order valence-electron chi connectivity index (χ1n) is 5.31. The van der Waals surface area contributed by atoms with Gasteiger partial charge in [-0.15, -0.1) is 0 Å². The molecule has 1 saturated heterocycles. The van der Waals surface area contributed by atoms with E-state index >= 15 is 0 Å². The van der Waals surface area contributed by atoms with Gasteiger partial charge >= 0.3 is 0 Å². The fraction of sp³-hybridized carbons (Fsp3) is 0.500. The summed E-state index contributed by atoms with van der Waals surface area (Å²) >= 11 is 3.18. The fourth-order valence-corrected chi connectivity index (χ4v) is 2.14. The summed E-state index contributed by atoms with van der Waals surface area (Å²) in [4.78, 5) is 30.9. The summed E-state index contributed by atoms with van der Waals surface area (Å²) < 4.78 is 0.388. The molecule has 2 N–H and O–H groups in total. The van der Waals surface area contributed by atoms with E-state index in [0.29, 0.717) is 23.3 Å². The van der Waals surface area contributed by atoms with E-state index in [2.05, 4.69) is 31.2 Å². The number of H-pyrrole nitrogens is 1. The molecule has 1 aliphatic heterocycles. The van der Waals surface area contributed by atoms with Crippen LogP contribution in [-0.2, 0) is 4.79 Å². The van der Waals surface area contributed by atoms with Gasteiger partial charge in [0, 0.05) is 26.1 Å². The predicted molar refractivity (Wildman–Crippen MR) is 66.8 cm³/mol. The van der Waals surface area contributed by atoms with Crippen molar-refractivity contribution in [3.63, 3.8) is 0 Å². The van der Waals surface area contributed by atoms with Crippen LogP contribution in [0.1, 0.15) is 12.8 Å². The topological polar surface area (TPSA) is 78.1 Å². The number of carbonyl (C=O) groups excluding carboxylic acids is 1. The number of aromatic nitrogens is 2. The Kier molecular flexibility index (Phi) is 3.46. The number of nitrogens with zero attached hydrogens (tertiary/aromatic N) is 2. The molecule has 0 aliphatic carbocycles. The molecule has 0 aromatic carbocycles. The molecule has 2 rings (SSSR count). The maximum absolute atomic E-state index is 11.4. The number of hydrogen-bond donors (Lipinski definition) is 2. The van der Waals surface area contributed by atoms with Crippen LogP contribution < -0.4 is 10.9 Å². The number of likely N-dealkylation sites (tertiary alicyclic amines) is 1. The number of anilines is 1. The molecule has 0 radical (unpaired) electrons. The number of rotatable bonds is 2. The minimum Gasteiger partial charge on any atom is -0.364 e. The second-order valence-electron chi connectivity index (χ2n) is 4.05. The summed E-state index contributed by atoms with van der Waals surface area (Å²) in [6.45, 7) is 0.625. The van der Waals surface area contributed by atoms with Gasteiger partial charge in [0.25, 0.3) is 5.56 Å². The fourth-order valence-electron chi connectivity index (χ4n) is 1.81. The smallest absolute Gasteiger partial charge is 0.267 e. The molecule has 6 nitrogen and oxygen atoms in total. The molecule has 1 aliphatic rings. The molecule has 2 heterocycles. The highest BCUT2D eigenvalue weighted by Gasteiger charge is 2.23. The predicted octanol–water partition coefficient (Wildman–Crippen LogP) is 0.565. The molecule has 1 atom stereocenters. The van der Waals surface area contributed by atoms with Gasteiger partial charge < -0.3 is 15.2 Å². The van der Waals surface area contributed by atoms with Crippen molar-refractivity contribution >= 4 is 27.7 Å². The number of hydrogen-bond acceptors (Lipinski definition) is 4. The van der Waals surface area contributed by atoms with E-state index in [4.69, 9.17) is 0 Å². The Bertz CT molecular complexity index is 487. The second-order valence-corrected chi connectivity index (χ2v) is 4.84. The average Bonchev–Trinajstić information content (AvgIpc) is 2.30. The Morgan fingerprint density at radius 1 is 1.59 bits per heavy atom. The van der Waals surface area contributed by atoms with Crippen LogP contribution in [0.15, 0.2) is 15.6 Å². The number of carbonyl (C=O) groups is 1. The molecule has 1 aromatic heterocycles. The number of likely N-dealkylation sites (N-methyl/N-ethyl adjacent to an activating group) is 1. The first kappa shape index (κ1) is 12.1. The Morgan fingerprint density at radius 3 is 3.06 bits per heavy atom. The average molecular weight is 301 g/mol. The van der Waals surface area contributed by atoms with Gasteiger partial charge in [0.15, 0.2) is 0 Å². The van der Waals surface area contributed by atoms with Gasteiger partial charge in [-0.3, -0.25) is 9.59 Å². The Hall–Kier alpha value is -1.37. The van der Waals surface area contributed by atoms with Crippen molar-refractivity contribution in [2.24, 2.45) is 0 Å². The van der Waals surface area contributed by atoms with Crippen LogP contribution in [0.25, 0.3) is 0 Å². The molecule has 1 amide bonds. The third kappa shape index (κ3) is 2.66. The van der Waals surface area contributed by atoms with Gasteiger partial charge in [-0.2, -0.15) is 0 Å². The summed E-state index contributed by atoms with van der Waals surface area (Å²) in [6, 6.07) is 0.128. The minimum atomic E-state index is -0.220. The zero-order valence-electron chi connectivity index (χ0n) is 9.36. The second kappa shape index (κ2) is 4.87. The quantitative estimate of drug-likeness (QED) is 0.837. The number of amides is 1. The number of piperidine rings is 1.